The van der Waals surface area contributed by atoms with Gasteiger partial charge in [0.1, 0.15) is 0 Å². The quantitative estimate of drug-likeness (QED) is 0.591. The average molecular weight is 171 g/mol. The summed E-state index contributed by atoms with van der Waals surface area (Å²) in [5.74, 6) is 0.000856. The van der Waals surface area contributed by atoms with Crippen LogP contribution in [0.3, 0.4) is 0 Å². The van der Waals surface area contributed by atoms with E-state index in [9.17, 15) is 9.90 Å². The second-order valence-corrected chi connectivity index (χ2v) is 4.02. The summed E-state index contributed by atoms with van der Waals surface area (Å²) >= 11 is 0. The van der Waals surface area contributed by atoms with Crippen molar-refractivity contribution in [3.8, 4) is 0 Å². The minimum atomic E-state index is -0.510. The van der Waals surface area contributed by atoms with Gasteiger partial charge < -0.3 is 5.11 Å². The van der Waals surface area contributed by atoms with Gasteiger partial charge in [-0.05, 0) is 19.3 Å². The van der Waals surface area contributed by atoms with Crippen molar-refractivity contribution in [1.29, 1.82) is 0 Å². The predicted molar refractivity (Wildman–Crippen MR) is 41.0 cm³/mol. The molecule has 0 aliphatic heterocycles. The maximum absolute atomic E-state index is 11.5. The Labute approximate surface area is 71.1 Å². The molecule has 12 heavy (non-hydrogen) atoms. The number of hydroxylamine groups is 2. The Kier molecular flexibility index (Phi) is 1.34. The third kappa shape index (κ3) is 0.765. The Hall–Kier alpha value is -0.610. The molecule has 0 aromatic heterocycles. The molecule has 4 heteroatoms. The van der Waals surface area contributed by atoms with E-state index < -0.39 is 5.60 Å². The van der Waals surface area contributed by atoms with E-state index in [0.717, 1.165) is 0 Å². The summed E-state index contributed by atoms with van der Waals surface area (Å²) < 4.78 is 0. The van der Waals surface area contributed by atoms with E-state index in [1.54, 1.807) is 7.05 Å². The third-order valence-corrected chi connectivity index (χ3v) is 3.02. The molecule has 68 valence electrons. The van der Waals surface area contributed by atoms with Gasteiger partial charge in [0.15, 0.2) is 0 Å². The highest BCUT2D eigenvalue weighted by Gasteiger charge is 2.71. The Morgan fingerprint density at radius 3 is 2.33 bits per heavy atom. The topological polar surface area (TPSA) is 49.8 Å². The van der Waals surface area contributed by atoms with E-state index in [2.05, 4.69) is 0 Å². The standard InChI is InChI=1S/C8H13NO3/c1-9(12-2)6(10)7-3-8(11,4-7)5-7/h11H,3-5H2,1-2H3. The fourth-order valence-electron chi connectivity index (χ4n) is 2.38. The van der Waals surface area contributed by atoms with Gasteiger partial charge in [0, 0.05) is 7.05 Å². The molecule has 2 bridgehead atoms. The first kappa shape index (κ1) is 8.01. The summed E-state index contributed by atoms with van der Waals surface area (Å²) in [4.78, 5) is 16.3. The number of aliphatic hydroxyl groups is 1. The Balaban J connectivity index is 1.99. The molecule has 3 fully saturated rings. The lowest BCUT2D eigenvalue weighted by Gasteiger charge is -2.66. The molecule has 3 rings (SSSR count). The summed E-state index contributed by atoms with van der Waals surface area (Å²) in [6.07, 6.45) is 1.85. The molecular weight excluding hydrogens is 158 g/mol. The molecule has 0 saturated heterocycles. The fraction of sp³-hybridized carbons (Fsp3) is 0.875. The number of amides is 1. The largest absolute Gasteiger partial charge is 0.390 e. The molecule has 3 aliphatic rings. The van der Waals surface area contributed by atoms with Gasteiger partial charge in [0.2, 0.25) is 0 Å². The summed E-state index contributed by atoms with van der Waals surface area (Å²) in [5.41, 5.74) is -0.788. The zero-order chi connectivity index (χ0) is 8.98. The van der Waals surface area contributed by atoms with E-state index in [4.69, 9.17) is 4.84 Å². The van der Waals surface area contributed by atoms with Crippen LogP contribution in [0.4, 0.5) is 0 Å². The predicted octanol–water partition coefficient (Wildman–Crippen LogP) is -0.0788. The van der Waals surface area contributed by atoms with Crippen LogP contribution in [-0.4, -0.2) is 35.8 Å². The summed E-state index contributed by atoms with van der Waals surface area (Å²) in [6.45, 7) is 0. The minimum Gasteiger partial charge on any atom is -0.390 e. The van der Waals surface area contributed by atoms with E-state index in [1.165, 1.54) is 12.2 Å². The zero-order valence-electron chi connectivity index (χ0n) is 7.33. The summed E-state index contributed by atoms with van der Waals surface area (Å²) in [7, 11) is 3.07. The number of rotatable bonds is 2. The lowest BCUT2D eigenvalue weighted by atomic mass is 9.41. The molecule has 1 N–H and O–H groups in total. The number of nitrogens with zero attached hydrogens (tertiary/aromatic N) is 1. The molecule has 0 aromatic carbocycles. The molecule has 0 atom stereocenters. The number of carbonyl (C=O) groups excluding carboxylic acids is 1. The number of hydrogen-bond acceptors (Lipinski definition) is 3. The fourth-order valence-corrected chi connectivity index (χ4v) is 2.38. The molecule has 0 radical (unpaired) electrons. The van der Waals surface area contributed by atoms with Crippen molar-refractivity contribution in [3.63, 3.8) is 0 Å². The van der Waals surface area contributed by atoms with Crippen LogP contribution in [0.25, 0.3) is 0 Å². The van der Waals surface area contributed by atoms with Gasteiger partial charge in [0.05, 0.1) is 18.1 Å². The monoisotopic (exact) mass is 171 g/mol. The first-order chi connectivity index (χ1) is 5.51. The second kappa shape index (κ2) is 2.00. The van der Waals surface area contributed by atoms with Crippen LogP contribution in [0, 0.1) is 5.41 Å². The zero-order valence-corrected chi connectivity index (χ0v) is 7.33. The van der Waals surface area contributed by atoms with Crippen LogP contribution in [0.1, 0.15) is 19.3 Å². The van der Waals surface area contributed by atoms with Crippen molar-refractivity contribution in [3.05, 3.63) is 0 Å². The van der Waals surface area contributed by atoms with Crippen LogP contribution < -0.4 is 0 Å². The molecule has 1 amide bonds. The van der Waals surface area contributed by atoms with Gasteiger partial charge in [0.25, 0.3) is 5.91 Å². The van der Waals surface area contributed by atoms with Crippen LogP contribution in [0.2, 0.25) is 0 Å². The highest BCUT2D eigenvalue weighted by Crippen LogP contribution is 2.67. The molecule has 0 unspecified atom stereocenters. The van der Waals surface area contributed by atoms with Crippen molar-refractivity contribution in [2.45, 2.75) is 24.9 Å². The van der Waals surface area contributed by atoms with Gasteiger partial charge in [-0.2, -0.15) is 0 Å². The van der Waals surface area contributed by atoms with Gasteiger partial charge in [-0.15, -0.1) is 0 Å². The van der Waals surface area contributed by atoms with Gasteiger partial charge in [-0.25, -0.2) is 5.06 Å². The first-order valence-electron chi connectivity index (χ1n) is 4.06. The smallest absolute Gasteiger partial charge is 0.252 e. The normalized spacial score (nSPS) is 42.9. The van der Waals surface area contributed by atoms with Crippen LogP contribution in [-0.2, 0) is 9.63 Å². The lowest BCUT2D eigenvalue weighted by Crippen LogP contribution is -2.72. The van der Waals surface area contributed by atoms with Crippen LogP contribution >= 0.6 is 0 Å². The van der Waals surface area contributed by atoms with Crippen molar-refractivity contribution in [2.24, 2.45) is 5.41 Å². The number of carbonyl (C=O) groups is 1. The SMILES string of the molecule is CON(C)C(=O)C12CC(O)(C1)C2. The lowest BCUT2D eigenvalue weighted by molar-refractivity contribution is -0.269. The van der Waals surface area contributed by atoms with Crippen molar-refractivity contribution in [2.75, 3.05) is 14.2 Å². The van der Waals surface area contributed by atoms with Crippen molar-refractivity contribution >= 4 is 5.91 Å². The Bertz CT molecular complexity index is 219. The van der Waals surface area contributed by atoms with E-state index >= 15 is 0 Å². The van der Waals surface area contributed by atoms with E-state index in [1.807, 2.05) is 0 Å². The molecule has 4 nitrogen and oxygen atoms in total. The second-order valence-electron chi connectivity index (χ2n) is 4.02. The summed E-state index contributed by atoms with van der Waals surface area (Å²) in [6, 6.07) is 0. The maximum atomic E-state index is 11.5. The van der Waals surface area contributed by atoms with Crippen LogP contribution in [0.5, 0.6) is 0 Å². The van der Waals surface area contributed by atoms with Crippen LogP contribution in [0.15, 0.2) is 0 Å². The first-order valence-corrected chi connectivity index (χ1v) is 4.06. The number of hydrogen-bond donors (Lipinski definition) is 1. The molecule has 0 heterocycles. The molecule has 0 spiro atoms. The summed E-state index contributed by atoms with van der Waals surface area (Å²) in [5, 5.41) is 10.7. The molecule has 0 aromatic rings. The van der Waals surface area contributed by atoms with Gasteiger partial charge in [-0.3, -0.25) is 9.63 Å². The third-order valence-electron chi connectivity index (χ3n) is 3.02. The maximum Gasteiger partial charge on any atom is 0.252 e. The highest BCUT2D eigenvalue weighted by atomic mass is 16.7. The van der Waals surface area contributed by atoms with Gasteiger partial charge >= 0.3 is 0 Å². The van der Waals surface area contributed by atoms with Crippen molar-refractivity contribution < 1.29 is 14.7 Å². The molecule has 3 aliphatic carbocycles. The Morgan fingerprint density at radius 1 is 1.50 bits per heavy atom. The average Bonchev–Trinajstić information content (AvgIpc) is 1.94. The minimum absolute atomic E-state index is 0.000856. The van der Waals surface area contributed by atoms with E-state index in [-0.39, 0.29) is 11.3 Å². The highest BCUT2D eigenvalue weighted by molar-refractivity contribution is 5.85. The Morgan fingerprint density at radius 2 is 2.00 bits per heavy atom. The molecule has 3 saturated carbocycles. The van der Waals surface area contributed by atoms with E-state index in [0.29, 0.717) is 19.3 Å². The van der Waals surface area contributed by atoms with Crippen molar-refractivity contribution in [1.82, 2.24) is 5.06 Å². The van der Waals surface area contributed by atoms with Gasteiger partial charge in [-0.1, -0.05) is 0 Å². The molecular formula is C8H13NO3.